The lowest BCUT2D eigenvalue weighted by atomic mass is 10.1. The Labute approximate surface area is 144 Å². The predicted molar refractivity (Wildman–Crippen MR) is 94.7 cm³/mol. The summed E-state index contributed by atoms with van der Waals surface area (Å²) in [7, 11) is 0. The van der Waals surface area contributed by atoms with E-state index >= 15 is 0 Å². The van der Waals surface area contributed by atoms with Gasteiger partial charge < -0.3 is 9.64 Å². The average molecular weight is 348 g/mol. The first-order valence-electron chi connectivity index (χ1n) is 7.97. The zero-order chi connectivity index (χ0) is 17.5. The van der Waals surface area contributed by atoms with E-state index in [0.29, 0.717) is 25.0 Å². The minimum atomic E-state index is -0.497. The van der Waals surface area contributed by atoms with Gasteiger partial charge in [-0.15, -0.1) is 11.3 Å². The lowest BCUT2D eigenvalue weighted by molar-refractivity contribution is 0.0270. The van der Waals surface area contributed by atoms with Gasteiger partial charge in [0.25, 0.3) is 0 Å². The average Bonchev–Trinajstić information content (AvgIpc) is 2.90. The van der Waals surface area contributed by atoms with E-state index in [9.17, 15) is 9.18 Å². The number of aromatic nitrogens is 1. The normalized spacial score (nSPS) is 15.5. The molecule has 1 aromatic carbocycles. The number of thiazole rings is 1. The van der Waals surface area contributed by atoms with Gasteiger partial charge in [0.1, 0.15) is 16.1 Å². The number of amides is 1. The standard InChI is InChI=1S/C18H21FN2O2S/c1-11-9-13(19)15-14(10-11)24-16(20-15)12-5-7-21(8-6-12)17(22)23-18(2,3)4/h5,9-10H,6-8H2,1-4H3. The van der Waals surface area contributed by atoms with E-state index in [4.69, 9.17) is 4.74 Å². The molecule has 0 bridgehead atoms. The summed E-state index contributed by atoms with van der Waals surface area (Å²) < 4.78 is 20.3. The minimum Gasteiger partial charge on any atom is -0.444 e. The van der Waals surface area contributed by atoms with Crippen LogP contribution in [0, 0.1) is 12.7 Å². The number of halogens is 1. The van der Waals surface area contributed by atoms with Crippen LogP contribution in [0.4, 0.5) is 9.18 Å². The highest BCUT2D eigenvalue weighted by molar-refractivity contribution is 7.19. The van der Waals surface area contributed by atoms with Crippen molar-refractivity contribution in [3.63, 3.8) is 0 Å². The van der Waals surface area contributed by atoms with Crippen molar-refractivity contribution in [2.24, 2.45) is 0 Å². The van der Waals surface area contributed by atoms with Gasteiger partial charge in [-0.2, -0.15) is 0 Å². The quantitative estimate of drug-likeness (QED) is 0.745. The maximum absolute atomic E-state index is 14.0. The Bertz CT molecular complexity index is 820. The van der Waals surface area contributed by atoms with Crippen molar-refractivity contribution >= 4 is 33.2 Å². The van der Waals surface area contributed by atoms with Gasteiger partial charge in [-0.25, -0.2) is 14.2 Å². The van der Waals surface area contributed by atoms with Crippen molar-refractivity contribution in [3.05, 3.63) is 34.6 Å². The number of carbonyl (C=O) groups excluding carboxylic acids is 1. The smallest absolute Gasteiger partial charge is 0.410 e. The third-order valence-corrected chi connectivity index (χ3v) is 4.81. The van der Waals surface area contributed by atoms with Crippen molar-refractivity contribution in [1.29, 1.82) is 0 Å². The topological polar surface area (TPSA) is 42.4 Å². The Morgan fingerprint density at radius 3 is 2.75 bits per heavy atom. The van der Waals surface area contributed by atoms with Gasteiger partial charge in [0.15, 0.2) is 5.82 Å². The fourth-order valence-corrected chi connectivity index (χ4v) is 3.76. The predicted octanol–water partition coefficient (Wildman–Crippen LogP) is 4.77. The Hall–Kier alpha value is -1.95. The number of hydrogen-bond donors (Lipinski definition) is 0. The van der Waals surface area contributed by atoms with Crippen molar-refractivity contribution in [1.82, 2.24) is 9.88 Å². The number of nitrogens with zero attached hydrogens (tertiary/aromatic N) is 2. The molecule has 2 aromatic rings. The highest BCUT2D eigenvalue weighted by Gasteiger charge is 2.24. The molecular formula is C18H21FN2O2S. The Balaban J connectivity index is 1.78. The largest absolute Gasteiger partial charge is 0.444 e. The van der Waals surface area contributed by atoms with Crippen LogP contribution in [0.25, 0.3) is 15.8 Å². The first-order chi connectivity index (χ1) is 11.2. The molecule has 0 saturated carbocycles. The van der Waals surface area contributed by atoms with Crippen molar-refractivity contribution in [2.75, 3.05) is 13.1 Å². The second kappa shape index (κ2) is 6.16. The number of fused-ring (bicyclic) bond motifs is 1. The third-order valence-electron chi connectivity index (χ3n) is 3.73. The van der Waals surface area contributed by atoms with Crippen LogP contribution < -0.4 is 0 Å². The summed E-state index contributed by atoms with van der Waals surface area (Å²) in [6.07, 6.45) is 2.37. The molecule has 1 aliphatic heterocycles. The van der Waals surface area contributed by atoms with Gasteiger partial charge in [0, 0.05) is 13.1 Å². The number of rotatable bonds is 1. The van der Waals surface area contributed by atoms with Gasteiger partial charge in [0.05, 0.1) is 4.70 Å². The number of hydrogen-bond acceptors (Lipinski definition) is 4. The summed E-state index contributed by atoms with van der Waals surface area (Å²) in [5.41, 5.74) is 1.89. The molecule has 0 fully saturated rings. The maximum atomic E-state index is 14.0. The van der Waals surface area contributed by atoms with Crippen LogP contribution in [0.15, 0.2) is 18.2 Å². The van der Waals surface area contributed by atoms with Crippen molar-refractivity contribution < 1.29 is 13.9 Å². The first-order valence-corrected chi connectivity index (χ1v) is 8.78. The monoisotopic (exact) mass is 348 g/mol. The second-order valence-corrected chi connectivity index (χ2v) is 8.05. The van der Waals surface area contributed by atoms with Crippen molar-refractivity contribution in [3.8, 4) is 0 Å². The third kappa shape index (κ3) is 3.59. The zero-order valence-electron chi connectivity index (χ0n) is 14.4. The summed E-state index contributed by atoms with van der Waals surface area (Å²) in [6.45, 7) is 8.51. The van der Waals surface area contributed by atoms with Crippen LogP contribution >= 0.6 is 11.3 Å². The number of benzene rings is 1. The van der Waals surface area contributed by atoms with Gasteiger partial charge in [0.2, 0.25) is 0 Å². The van der Waals surface area contributed by atoms with Crippen LogP contribution in [0.5, 0.6) is 0 Å². The lowest BCUT2D eigenvalue weighted by Gasteiger charge is -2.29. The molecule has 3 rings (SSSR count). The van der Waals surface area contributed by atoms with E-state index in [2.05, 4.69) is 4.98 Å². The molecule has 6 heteroatoms. The molecule has 0 atom stereocenters. The molecule has 24 heavy (non-hydrogen) atoms. The molecule has 1 aromatic heterocycles. The molecule has 0 saturated heterocycles. The van der Waals surface area contributed by atoms with Gasteiger partial charge in [-0.1, -0.05) is 6.08 Å². The Morgan fingerprint density at radius 2 is 2.12 bits per heavy atom. The van der Waals surface area contributed by atoms with E-state index in [0.717, 1.165) is 20.8 Å². The van der Waals surface area contributed by atoms with E-state index in [-0.39, 0.29) is 11.9 Å². The van der Waals surface area contributed by atoms with E-state index in [1.165, 1.54) is 17.4 Å². The summed E-state index contributed by atoms with van der Waals surface area (Å²) in [6, 6.07) is 3.46. The summed E-state index contributed by atoms with van der Waals surface area (Å²) >= 11 is 1.50. The molecule has 128 valence electrons. The highest BCUT2D eigenvalue weighted by Crippen LogP contribution is 2.32. The summed E-state index contributed by atoms with van der Waals surface area (Å²) in [4.78, 5) is 18.2. The summed E-state index contributed by atoms with van der Waals surface area (Å²) in [5, 5.41) is 0.832. The summed E-state index contributed by atoms with van der Waals surface area (Å²) in [5.74, 6) is -0.278. The fraction of sp³-hybridized carbons (Fsp3) is 0.444. The van der Waals surface area contributed by atoms with Crippen LogP contribution in [0.1, 0.15) is 37.8 Å². The highest BCUT2D eigenvalue weighted by atomic mass is 32.1. The van der Waals surface area contributed by atoms with E-state index < -0.39 is 5.60 Å². The molecule has 0 spiro atoms. The Morgan fingerprint density at radius 1 is 1.38 bits per heavy atom. The molecular weight excluding hydrogens is 327 g/mol. The number of aryl methyl sites for hydroxylation is 1. The van der Waals surface area contributed by atoms with E-state index in [1.54, 1.807) is 4.90 Å². The molecule has 2 heterocycles. The second-order valence-electron chi connectivity index (χ2n) is 7.02. The molecule has 0 unspecified atom stereocenters. The molecule has 0 N–H and O–H groups in total. The Kier molecular flexibility index (Phi) is 4.34. The lowest BCUT2D eigenvalue weighted by Crippen LogP contribution is -2.39. The maximum Gasteiger partial charge on any atom is 0.410 e. The minimum absolute atomic E-state index is 0.278. The first kappa shape index (κ1) is 16.9. The number of ether oxygens (including phenoxy) is 1. The SMILES string of the molecule is Cc1cc(F)c2nc(C3=CCN(C(=O)OC(C)(C)C)CC3)sc2c1. The van der Waals surface area contributed by atoms with E-state index in [1.807, 2.05) is 39.8 Å². The van der Waals surface area contributed by atoms with Crippen molar-refractivity contribution in [2.45, 2.75) is 39.7 Å². The molecule has 4 nitrogen and oxygen atoms in total. The molecule has 1 aliphatic rings. The van der Waals surface area contributed by atoms with Gasteiger partial charge in [-0.05, 0) is 57.4 Å². The van der Waals surface area contributed by atoms with Crippen LogP contribution in [0.3, 0.4) is 0 Å². The fourth-order valence-electron chi connectivity index (χ4n) is 2.61. The molecule has 0 aliphatic carbocycles. The van der Waals surface area contributed by atoms with Gasteiger partial charge >= 0.3 is 6.09 Å². The van der Waals surface area contributed by atoms with Crippen LogP contribution in [-0.4, -0.2) is 34.7 Å². The van der Waals surface area contributed by atoms with Crippen LogP contribution in [0.2, 0.25) is 0 Å². The number of carbonyl (C=O) groups is 1. The zero-order valence-corrected chi connectivity index (χ0v) is 15.2. The van der Waals surface area contributed by atoms with Gasteiger partial charge in [-0.3, -0.25) is 0 Å². The molecule has 1 amide bonds. The van der Waals surface area contributed by atoms with Crippen LogP contribution in [-0.2, 0) is 4.74 Å². The molecule has 0 radical (unpaired) electrons.